The van der Waals surface area contributed by atoms with E-state index in [4.69, 9.17) is 5.14 Å². The predicted molar refractivity (Wildman–Crippen MR) is 39.6 cm³/mol. The fourth-order valence-electron chi connectivity index (χ4n) is 0.246. The molecule has 0 fully saturated rings. The summed E-state index contributed by atoms with van der Waals surface area (Å²) in [5.41, 5.74) is 0. The first-order valence-corrected chi connectivity index (χ1v) is 3.82. The third-order valence-corrected chi connectivity index (χ3v) is 1.90. The molecule has 0 aromatic rings. The molecule has 5 nitrogen and oxygen atoms in total. The molecular weight excluding hydrogens is 154 g/mol. The Morgan fingerprint density at radius 1 is 1.70 bits per heavy atom. The molecule has 0 heterocycles. The van der Waals surface area contributed by atoms with Crippen molar-refractivity contribution in [1.82, 2.24) is 4.31 Å². The molecule has 0 spiro atoms. The van der Waals surface area contributed by atoms with E-state index < -0.39 is 10.2 Å². The first-order chi connectivity index (χ1) is 4.39. The van der Waals surface area contributed by atoms with Gasteiger partial charge in [-0.3, -0.25) is 0 Å². The number of hydrogen-bond donors (Lipinski definition) is 1. The molecule has 0 aliphatic heterocycles. The molecule has 0 aliphatic rings. The Morgan fingerprint density at radius 2 is 2.10 bits per heavy atom. The summed E-state index contributed by atoms with van der Waals surface area (Å²) in [5.74, 6) is 0.00231. The second kappa shape index (κ2) is 2.80. The van der Waals surface area contributed by atoms with Crippen molar-refractivity contribution in [2.24, 2.45) is 10.1 Å². The van der Waals surface area contributed by atoms with Crippen LogP contribution < -0.4 is 5.14 Å². The first kappa shape index (κ1) is 9.12. The Kier molecular flexibility index (Phi) is 2.56. The summed E-state index contributed by atoms with van der Waals surface area (Å²) in [6, 6.07) is 0. The summed E-state index contributed by atoms with van der Waals surface area (Å²) in [4.78, 5) is 3.28. The summed E-state index contributed by atoms with van der Waals surface area (Å²) < 4.78 is 21.7. The average Bonchev–Trinajstić information content (AvgIpc) is 1.83. The highest BCUT2D eigenvalue weighted by atomic mass is 32.2. The molecule has 0 saturated heterocycles. The third-order valence-electron chi connectivity index (χ3n) is 0.928. The fraction of sp³-hybridized carbons (Fsp3) is 0.250. The van der Waals surface area contributed by atoms with Crippen LogP contribution in [0.15, 0.2) is 17.4 Å². The second-order valence-electron chi connectivity index (χ2n) is 1.59. The summed E-state index contributed by atoms with van der Waals surface area (Å²) in [7, 11) is -2.47. The Balaban J connectivity index is 4.54. The molecule has 0 aromatic carbocycles. The van der Waals surface area contributed by atoms with Crippen LogP contribution in [0.25, 0.3) is 0 Å². The Morgan fingerprint density at radius 3 is 2.20 bits per heavy atom. The van der Waals surface area contributed by atoms with Gasteiger partial charge in [0, 0.05) is 7.05 Å². The largest absolute Gasteiger partial charge is 0.299 e. The van der Waals surface area contributed by atoms with E-state index in [0.29, 0.717) is 0 Å². The van der Waals surface area contributed by atoms with Crippen LogP contribution in [0.2, 0.25) is 0 Å². The summed E-state index contributed by atoms with van der Waals surface area (Å²) in [6.45, 7) is 6.36. The zero-order valence-corrected chi connectivity index (χ0v) is 6.43. The van der Waals surface area contributed by atoms with Crippen molar-refractivity contribution in [2.75, 3.05) is 7.05 Å². The molecule has 0 radical (unpaired) electrons. The molecule has 0 bridgehead atoms. The SMILES string of the molecule is C=NC(=C)N(C)S(N)(=O)=O. The second-order valence-corrected chi connectivity index (χ2v) is 3.16. The number of nitrogens with zero attached hydrogens (tertiary/aromatic N) is 2. The van der Waals surface area contributed by atoms with Gasteiger partial charge >= 0.3 is 0 Å². The van der Waals surface area contributed by atoms with Crippen LogP contribution in [0.3, 0.4) is 0 Å². The smallest absolute Gasteiger partial charge is 0.247 e. The van der Waals surface area contributed by atoms with Crippen LogP contribution in [-0.2, 0) is 10.2 Å². The maximum absolute atomic E-state index is 10.5. The van der Waals surface area contributed by atoms with E-state index in [9.17, 15) is 8.42 Å². The molecule has 10 heavy (non-hydrogen) atoms. The zero-order chi connectivity index (χ0) is 8.36. The lowest BCUT2D eigenvalue weighted by atomic mass is 10.8. The summed E-state index contributed by atoms with van der Waals surface area (Å²) in [6.07, 6.45) is 0. The molecule has 0 amide bonds. The molecule has 0 saturated carbocycles. The van der Waals surface area contributed by atoms with Crippen LogP contribution in [0.1, 0.15) is 0 Å². The fourth-order valence-corrected chi connectivity index (χ4v) is 0.598. The topological polar surface area (TPSA) is 75.8 Å². The third kappa shape index (κ3) is 2.16. The van der Waals surface area contributed by atoms with Gasteiger partial charge < -0.3 is 0 Å². The van der Waals surface area contributed by atoms with Gasteiger partial charge in [-0.05, 0) is 6.72 Å². The van der Waals surface area contributed by atoms with Gasteiger partial charge in [0.15, 0.2) is 0 Å². The highest BCUT2D eigenvalue weighted by Gasteiger charge is 2.11. The van der Waals surface area contributed by atoms with Crippen LogP contribution in [0.4, 0.5) is 0 Å². The maximum Gasteiger partial charge on any atom is 0.299 e. The highest BCUT2D eigenvalue weighted by Crippen LogP contribution is 2.00. The van der Waals surface area contributed by atoms with E-state index in [1.165, 1.54) is 7.05 Å². The highest BCUT2D eigenvalue weighted by molar-refractivity contribution is 7.86. The minimum atomic E-state index is -3.71. The van der Waals surface area contributed by atoms with E-state index >= 15 is 0 Å². The summed E-state index contributed by atoms with van der Waals surface area (Å²) in [5, 5.41) is 4.70. The van der Waals surface area contributed by atoms with Gasteiger partial charge in [-0.25, -0.2) is 14.4 Å². The van der Waals surface area contributed by atoms with Gasteiger partial charge in [0.05, 0.1) is 0 Å². The van der Waals surface area contributed by atoms with Crippen molar-refractivity contribution in [3.05, 3.63) is 12.4 Å². The van der Waals surface area contributed by atoms with Gasteiger partial charge in [0.2, 0.25) is 0 Å². The van der Waals surface area contributed by atoms with E-state index in [2.05, 4.69) is 18.3 Å². The monoisotopic (exact) mass is 163 g/mol. The normalized spacial score (nSPS) is 10.6. The van der Waals surface area contributed by atoms with Gasteiger partial charge in [-0.15, -0.1) is 0 Å². The van der Waals surface area contributed by atoms with Crippen LogP contribution in [0, 0.1) is 0 Å². The molecule has 0 atom stereocenters. The quantitative estimate of drug-likeness (QED) is 0.558. The molecular formula is C4H9N3O2S. The maximum atomic E-state index is 10.5. The first-order valence-electron chi connectivity index (χ1n) is 2.32. The Bertz CT molecular complexity index is 243. The lowest BCUT2D eigenvalue weighted by Crippen LogP contribution is -2.31. The molecule has 2 N–H and O–H groups in total. The number of rotatable bonds is 3. The van der Waals surface area contributed by atoms with E-state index in [1.807, 2.05) is 0 Å². The van der Waals surface area contributed by atoms with Crippen molar-refractivity contribution in [1.29, 1.82) is 0 Å². The lowest BCUT2D eigenvalue weighted by Gasteiger charge is -2.13. The van der Waals surface area contributed by atoms with Crippen molar-refractivity contribution >= 4 is 16.9 Å². The standard InChI is InChI=1S/C4H9N3O2S/c1-4(6-2)7(3)10(5,8)9/h1-2H2,3H3,(H2,5,8,9). The van der Waals surface area contributed by atoms with Gasteiger partial charge in [0.1, 0.15) is 5.82 Å². The zero-order valence-electron chi connectivity index (χ0n) is 5.61. The number of hydrogen-bond acceptors (Lipinski definition) is 3. The molecule has 6 heteroatoms. The lowest BCUT2D eigenvalue weighted by molar-refractivity contribution is 0.524. The molecule has 0 unspecified atom stereocenters. The molecule has 0 aromatic heterocycles. The van der Waals surface area contributed by atoms with Crippen LogP contribution >= 0.6 is 0 Å². The van der Waals surface area contributed by atoms with Crippen molar-refractivity contribution < 1.29 is 8.42 Å². The molecule has 0 rings (SSSR count). The van der Waals surface area contributed by atoms with Gasteiger partial charge in [-0.1, -0.05) is 6.58 Å². The number of aliphatic imine (C=N–C) groups is 1. The van der Waals surface area contributed by atoms with Crippen LogP contribution in [-0.4, -0.2) is 26.5 Å². The van der Waals surface area contributed by atoms with E-state index in [-0.39, 0.29) is 5.82 Å². The predicted octanol–water partition coefficient (Wildman–Crippen LogP) is -0.706. The molecule has 58 valence electrons. The van der Waals surface area contributed by atoms with Crippen molar-refractivity contribution in [3.8, 4) is 0 Å². The Labute approximate surface area is 60.0 Å². The van der Waals surface area contributed by atoms with Crippen molar-refractivity contribution in [3.63, 3.8) is 0 Å². The average molecular weight is 163 g/mol. The minimum Gasteiger partial charge on any atom is -0.247 e. The number of nitrogens with two attached hydrogens (primary N) is 1. The van der Waals surface area contributed by atoms with E-state index in [1.54, 1.807) is 0 Å². The van der Waals surface area contributed by atoms with E-state index in [0.717, 1.165) is 4.31 Å². The van der Waals surface area contributed by atoms with Gasteiger partial charge in [-0.2, -0.15) is 8.42 Å². The minimum absolute atomic E-state index is 0.00231. The molecule has 0 aliphatic carbocycles. The van der Waals surface area contributed by atoms with Gasteiger partial charge in [0.25, 0.3) is 10.2 Å². The van der Waals surface area contributed by atoms with Crippen LogP contribution in [0.5, 0.6) is 0 Å². The Hall–Kier alpha value is -0.880. The summed E-state index contributed by atoms with van der Waals surface area (Å²) >= 11 is 0. The van der Waals surface area contributed by atoms with Crippen molar-refractivity contribution in [2.45, 2.75) is 0 Å².